The van der Waals surface area contributed by atoms with Gasteiger partial charge in [0.15, 0.2) is 15.8 Å². The van der Waals surface area contributed by atoms with Crippen molar-refractivity contribution in [3.63, 3.8) is 0 Å². The molecule has 1 aliphatic rings. The van der Waals surface area contributed by atoms with Crippen LogP contribution >= 0.6 is 24.0 Å². The van der Waals surface area contributed by atoms with E-state index in [0.717, 1.165) is 11.3 Å². The first-order valence-corrected chi connectivity index (χ1v) is 10.2. The van der Waals surface area contributed by atoms with Crippen molar-refractivity contribution in [2.75, 3.05) is 18.1 Å². The highest BCUT2D eigenvalue weighted by molar-refractivity contribution is 8.27. The van der Waals surface area contributed by atoms with Crippen LogP contribution in [0.25, 0.3) is 6.08 Å². The number of rotatable bonds is 8. The van der Waals surface area contributed by atoms with E-state index in [1.165, 1.54) is 16.7 Å². The summed E-state index contributed by atoms with van der Waals surface area (Å²) in [6, 6.07) is 14.5. The quantitative estimate of drug-likeness (QED) is 0.494. The van der Waals surface area contributed by atoms with Crippen molar-refractivity contribution >= 4 is 51.9 Å². The van der Waals surface area contributed by atoms with Crippen LogP contribution in [0.15, 0.2) is 53.4 Å². The van der Waals surface area contributed by atoms with Gasteiger partial charge < -0.3 is 14.6 Å². The fourth-order valence-electron chi connectivity index (χ4n) is 2.67. The largest absolute Gasteiger partial charge is 0.490 e. The van der Waals surface area contributed by atoms with Crippen molar-refractivity contribution in [3.05, 3.63) is 59.0 Å². The van der Waals surface area contributed by atoms with E-state index in [0.29, 0.717) is 27.3 Å². The molecule has 6 nitrogen and oxygen atoms in total. The van der Waals surface area contributed by atoms with Crippen molar-refractivity contribution in [3.8, 4) is 11.5 Å². The molecule has 8 heteroatoms. The molecule has 1 N–H and O–H groups in total. The number of hydrogen-bond acceptors (Lipinski definition) is 6. The number of carbonyl (C=O) groups is 2. The van der Waals surface area contributed by atoms with Crippen LogP contribution in [0.2, 0.25) is 0 Å². The average molecular weight is 430 g/mol. The molecule has 0 saturated carbocycles. The molecule has 1 aliphatic heterocycles. The number of para-hydroxylation sites is 1. The van der Waals surface area contributed by atoms with E-state index >= 15 is 0 Å². The zero-order valence-electron chi connectivity index (χ0n) is 15.7. The van der Waals surface area contributed by atoms with Gasteiger partial charge in [-0.15, -0.1) is 0 Å². The van der Waals surface area contributed by atoms with Crippen LogP contribution in [0.3, 0.4) is 0 Å². The molecule has 1 heterocycles. The van der Waals surface area contributed by atoms with Crippen LogP contribution in [0.4, 0.5) is 5.69 Å². The molecule has 29 heavy (non-hydrogen) atoms. The number of amides is 1. The Bertz CT molecular complexity index is 959. The van der Waals surface area contributed by atoms with Gasteiger partial charge in [-0.1, -0.05) is 48.2 Å². The van der Waals surface area contributed by atoms with E-state index in [1.807, 2.05) is 37.3 Å². The van der Waals surface area contributed by atoms with E-state index in [-0.39, 0.29) is 18.9 Å². The number of carboxylic acid groups (broad SMARTS) is 1. The molecule has 0 spiro atoms. The van der Waals surface area contributed by atoms with Crippen LogP contribution in [-0.4, -0.2) is 34.5 Å². The second-order valence-corrected chi connectivity index (χ2v) is 7.66. The van der Waals surface area contributed by atoms with E-state index in [1.54, 1.807) is 24.3 Å². The first-order chi connectivity index (χ1) is 14.0. The summed E-state index contributed by atoms with van der Waals surface area (Å²) in [4.78, 5) is 25.5. The first kappa shape index (κ1) is 20.9. The lowest BCUT2D eigenvalue weighted by molar-refractivity contribution is -0.137. The molecule has 1 fully saturated rings. The van der Waals surface area contributed by atoms with Gasteiger partial charge in [-0.05, 0) is 42.8 Å². The Kier molecular flexibility index (Phi) is 6.90. The van der Waals surface area contributed by atoms with Crippen molar-refractivity contribution in [1.82, 2.24) is 0 Å². The number of nitrogens with zero attached hydrogens (tertiary/aromatic N) is 1. The smallest absolute Gasteiger partial charge is 0.306 e. The van der Waals surface area contributed by atoms with Crippen molar-refractivity contribution in [1.29, 1.82) is 0 Å². The monoisotopic (exact) mass is 429 g/mol. The lowest BCUT2D eigenvalue weighted by Gasteiger charge is -2.14. The second kappa shape index (κ2) is 9.58. The summed E-state index contributed by atoms with van der Waals surface area (Å²) in [5, 5.41) is 8.75. The molecule has 0 aromatic heterocycles. The highest BCUT2D eigenvalue weighted by Gasteiger charge is 2.33. The number of carboxylic acids is 1. The number of anilines is 1. The number of hydrogen-bond donors (Lipinski definition) is 1. The minimum Gasteiger partial charge on any atom is -0.490 e. The van der Waals surface area contributed by atoms with E-state index in [9.17, 15) is 9.59 Å². The zero-order chi connectivity index (χ0) is 20.8. The molecular weight excluding hydrogens is 410 g/mol. The Hall–Kier alpha value is -2.84. The number of aliphatic carboxylic acids is 1. The predicted octanol–water partition coefficient (Wildman–Crippen LogP) is 4.34. The third-order valence-electron chi connectivity index (χ3n) is 3.95. The summed E-state index contributed by atoms with van der Waals surface area (Å²) in [7, 11) is 0. The molecule has 1 amide bonds. The predicted molar refractivity (Wildman–Crippen MR) is 117 cm³/mol. The average Bonchev–Trinajstić information content (AvgIpc) is 2.97. The number of benzene rings is 2. The normalized spacial score (nSPS) is 15.1. The van der Waals surface area contributed by atoms with Crippen molar-refractivity contribution in [2.24, 2.45) is 0 Å². The topological polar surface area (TPSA) is 76.1 Å². The van der Waals surface area contributed by atoms with Gasteiger partial charge in [0.05, 0.1) is 30.2 Å². The van der Waals surface area contributed by atoms with Gasteiger partial charge in [-0.25, -0.2) is 0 Å². The standard InChI is InChI=1S/C21H19NO5S2/c1-2-26-17-12-14(8-9-16(17)27-11-10-19(23)24)13-18-20(25)22(21(28)29-18)15-6-4-3-5-7-15/h3-9,12-13H,2,10-11H2,1H3,(H,23,24)/b18-13+. The van der Waals surface area contributed by atoms with E-state index < -0.39 is 5.97 Å². The van der Waals surface area contributed by atoms with E-state index in [4.69, 9.17) is 26.8 Å². The molecule has 0 radical (unpaired) electrons. The maximum atomic E-state index is 12.8. The fraction of sp³-hybridized carbons (Fsp3) is 0.190. The number of thiocarbonyl (C=S) groups is 1. The van der Waals surface area contributed by atoms with E-state index in [2.05, 4.69) is 0 Å². The summed E-state index contributed by atoms with van der Waals surface area (Å²) >= 11 is 6.63. The maximum Gasteiger partial charge on any atom is 0.306 e. The van der Waals surface area contributed by atoms with Gasteiger partial charge >= 0.3 is 5.97 Å². The maximum absolute atomic E-state index is 12.8. The minimum atomic E-state index is -0.931. The van der Waals surface area contributed by atoms with Crippen LogP contribution < -0.4 is 14.4 Å². The number of carbonyl (C=O) groups excluding carboxylic acids is 1. The highest BCUT2D eigenvalue weighted by Crippen LogP contribution is 2.37. The Morgan fingerprint density at radius 3 is 2.62 bits per heavy atom. The molecule has 1 saturated heterocycles. The van der Waals surface area contributed by atoms with Gasteiger partial charge in [0, 0.05) is 0 Å². The minimum absolute atomic E-state index is 0.0461. The Labute approximate surface area is 178 Å². The molecule has 2 aromatic rings. The van der Waals surface area contributed by atoms with Crippen molar-refractivity contribution in [2.45, 2.75) is 13.3 Å². The third kappa shape index (κ3) is 5.16. The third-order valence-corrected chi connectivity index (χ3v) is 5.25. The SMILES string of the molecule is CCOc1cc(/C=C2/SC(=S)N(c3ccccc3)C2=O)ccc1OCCC(=O)O. The van der Waals surface area contributed by atoms with Crippen molar-refractivity contribution < 1.29 is 24.2 Å². The Morgan fingerprint density at radius 1 is 1.17 bits per heavy atom. The van der Waals surface area contributed by atoms with Gasteiger partial charge in [0.2, 0.25) is 0 Å². The van der Waals surface area contributed by atoms with Crippen LogP contribution in [0, 0.1) is 0 Å². The number of ether oxygens (including phenoxy) is 2. The summed E-state index contributed by atoms with van der Waals surface area (Å²) in [5.41, 5.74) is 1.49. The molecule has 0 aliphatic carbocycles. The zero-order valence-corrected chi connectivity index (χ0v) is 17.3. The lowest BCUT2D eigenvalue weighted by Crippen LogP contribution is -2.27. The van der Waals surface area contributed by atoms with Crippen LogP contribution in [0.1, 0.15) is 18.9 Å². The summed E-state index contributed by atoms with van der Waals surface area (Å²) in [6.45, 7) is 2.32. The summed E-state index contributed by atoms with van der Waals surface area (Å²) in [6.07, 6.45) is 1.65. The fourth-order valence-corrected chi connectivity index (χ4v) is 3.97. The van der Waals surface area contributed by atoms with Gasteiger partial charge in [0.25, 0.3) is 5.91 Å². The van der Waals surface area contributed by atoms with Gasteiger partial charge in [0.1, 0.15) is 0 Å². The molecule has 0 atom stereocenters. The second-order valence-electron chi connectivity index (χ2n) is 5.98. The first-order valence-electron chi connectivity index (χ1n) is 8.94. The molecule has 3 rings (SSSR count). The molecule has 2 aromatic carbocycles. The summed E-state index contributed by atoms with van der Waals surface area (Å²) < 4.78 is 11.6. The Balaban J connectivity index is 1.82. The van der Waals surface area contributed by atoms with Gasteiger partial charge in [-0.3, -0.25) is 14.5 Å². The van der Waals surface area contributed by atoms with Crippen LogP contribution in [-0.2, 0) is 9.59 Å². The number of thioether (sulfide) groups is 1. The Morgan fingerprint density at radius 2 is 1.93 bits per heavy atom. The lowest BCUT2D eigenvalue weighted by atomic mass is 10.1. The highest BCUT2D eigenvalue weighted by atomic mass is 32.2. The molecule has 150 valence electrons. The van der Waals surface area contributed by atoms with Crippen LogP contribution in [0.5, 0.6) is 11.5 Å². The molecule has 0 bridgehead atoms. The summed E-state index contributed by atoms with van der Waals surface area (Å²) in [5.74, 6) is -0.154. The van der Waals surface area contributed by atoms with Gasteiger partial charge in [-0.2, -0.15) is 0 Å². The molecular formula is C21H19NO5S2. The molecule has 0 unspecified atom stereocenters.